The van der Waals surface area contributed by atoms with Gasteiger partial charge in [-0.25, -0.2) is 9.97 Å². The predicted molar refractivity (Wildman–Crippen MR) is 96.6 cm³/mol. The molecule has 6 heteroatoms. The maximum Gasteiger partial charge on any atom is 0.258 e. The Balaban J connectivity index is 1.48. The van der Waals surface area contributed by atoms with Crippen molar-refractivity contribution in [3.63, 3.8) is 0 Å². The average Bonchev–Trinajstić information content (AvgIpc) is 2.66. The number of hydrogen-bond donors (Lipinski definition) is 1. The topological polar surface area (TPSA) is 67.3 Å². The third kappa shape index (κ3) is 5.17. The molecule has 0 bridgehead atoms. The summed E-state index contributed by atoms with van der Waals surface area (Å²) in [5, 5.41) is 2.81. The maximum absolute atomic E-state index is 12.0. The Morgan fingerprint density at radius 3 is 2.88 bits per heavy atom. The number of aryl methyl sites for hydroxylation is 1. The number of hydrogen-bond acceptors (Lipinski definition) is 5. The fourth-order valence-corrected chi connectivity index (χ4v) is 2.86. The van der Waals surface area contributed by atoms with Gasteiger partial charge in [-0.2, -0.15) is 0 Å². The van der Waals surface area contributed by atoms with Crippen LogP contribution in [0.25, 0.3) is 0 Å². The number of benzene rings is 1. The molecule has 1 amide bonds. The smallest absolute Gasteiger partial charge is 0.258 e. The molecule has 1 fully saturated rings. The molecular formula is C19H24N4O2. The highest BCUT2D eigenvalue weighted by atomic mass is 16.5. The van der Waals surface area contributed by atoms with Gasteiger partial charge in [0.15, 0.2) is 6.61 Å². The molecule has 1 aromatic heterocycles. The number of carbonyl (C=O) groups is 1. The number of amides is 1. The van der Waals surface area contributed by atoms with Gasteiger partial charge in [0, 0.05) is 19.3 Å². The second-order valence-electron chi connectivity index (χ2n) is 6.26. The monoisotopic (exact) mass is 340 g/mol. The number of piperidine rings is 1. The standard InChI is InChI=1S/C19H24N4O2/c1-15-6-5-7-16(12-15)25-14-19(24)21-13-17-20-9-8-18(22-17)23-10-3-2-4-11-23/h5-9,12H,2-4,10-11,13-14H2,1H3,(H,21,24). The molecule has 0 spiro atoms. The number of ether oxygens (including phenoxy) is 1. The van der Waals surface area contributed by atoms with Crippen LogP contribution in [-0.4, -0.2) is 35.6 Å². The second kappa shape index (κ2) is 8.46. The van der Waals surface area contributed by atoms with Crippen molar-refractivity contribution in [3.05, 3.63) is 47.9 Å². The Labute approximate surface area is 148 Å². The molecule has 0 saturated carbocycles. The van der Waals surface area contributed by atoms with E-state index in [0.29, 0.717) is 18.1 Å². The van der Waals surface area contributed by atoms with Gasteiger partial charge in [-0.15, -0.1) is 0 Å². The van der Waals surface area contributed by atoms with E-state index in [1.165, 1.54) is 19.3 Å². The molecule has 0 unspecified atom stereocenters. The van der Waals surface area contributed by atoms with Gasteiger partial charge < -0.3 is 15.0 Å². The predicted octanol–water partition coefficient (Wildman–Crippen LogP) is 2.47. The van der Waals surface area contributed by atoms with E-state index in [4.69, 9.17) is 4.74 Å². The van der Waals surface area contributed by atoms with Crippen molar-refractivity contribution < 1.29 is 9.53 Å². The average molecular weight is 340 g/mol. The quantitative estimate of drug-likeness (QED) is 0.875. The van der Waals surface area contributed by atoms with Gasteiger partial charge in [0.2, 0.25) is 0 Å². The van der Waals surface area contributed by atoms with E-state index in [2.05, 4.69) is 20.2 Å². The number of nitrogens with zero attached hydrogens (tertiary/aromatic N) is 3. The zero-order valence-corrected chi connectivity index (χ0v) is 14.6. The van der Waals surface area contributed by atoms with Crippen LogP contribution < -0.4 is 15.0 Å². The Morgan fingerprint density at radius 1 is 1.24 bits per heavy atom. The molecule has 1 aromatic carbocycles. The highest BCUT2D eigenvalue weighted by molar-refractivity contribution is 5.77. The zero-order chi connectivity index (χ0) is 17.5. The lowest BCUT2D eigenvalue weighted by atomic mass is 10.1. The van der Waals surface area contributed by atoms with Gasteiger partial charge in [-0.1, -0.05) is 12.1 Å². The van der Waals surface area contributed by atoms with Gasteiger partial charge in [0.25, 0.3) is 5.91 Å². The lowest BCUT2D eigenvalue weighted by Gasteiger charge is -2.27. The minimum atomic E-state index is -0.187. The first-order chi connectivity index (χ1) is 12.2. The fourth-order valence-electron chi connectivity index (χ4n) is 2.86. The molecule has 2 aromatic rings. The first-order valence-corrected chi connectivity index (χ1v) is 8.74. The number of rotatable bonds is 6. The number of aromatic nitrogens is 2. The fraction of sp³-hybridized carbons (Fsp3) is 0.421. The summed E-state index contributed by atoms with van der Waals surface area (Å²) in [6.45, 7) is 4.34. The Bertz CT molecular complexity index is 714. The van der Waals surface area contributed by atoms with Crippen LogP contribution in [-0.2, 0) is 11.3 Å². The molecule has 1 aliphatic heterocycles. The molecule has 0 aliphatic carbocycles. The van der Waals surface area contributed by atoms with Gasteiger partial charge in [0.1, 0.15) is 17.4 Å². The van der Waals surface area contributed by atoms with Crippen molar-refractivity contribution in [3.8, 4) is 5.75 Å². The normalized spacial score (nSPS) is 14.2. The summed E-state index contributed by atoms with van der Waals surface area (Å²) < 4.78 is 5.49. The highest BCUT2D eigenvalue weighted by Crippen LogP contribution is 2.16. The van der Waals surface area contributed by atoms with Crippen molar-refractivity contribution >= 4 is 11.7 Å². The maximum atomic E-state index is 12.0. The summed E-state index contributed by atoms with van der Waals surface area (Å²) in [5.41, 5.74) is 1.10. The molecule has 6 nitrogen and oxygen atoms in total. The highest BCUT2D eigenvalue weighted by Gasteiger charge is 2.13. The van der Waals surface area contributed by atoms with Crippen LogP contribution in [0.4, 0.5) is 5.82 Å². The summed E-state index contributed by atoms with van der Waals surface area (Å²) in [4.78, 5) is 23.0. The van der Waals surface area contributed by atoms with Crippen LogP contribution in [0.1, 0.15) is 30.7 Å². The molecule has 3 rings (SSSR count). The number of anilines is 1. The first kappa shape index (κ1) is 17.2. The lowest BCUT2D eigenvalue weighted by molar-refractivity contribution is -0.123. The van der Waals surface area contributed by atoms with E-state index >= 15 is 0 Å². The molecule has 1 N–H and O–H groups in total. The molecule has 0 radical (unpaired) electrons. The lowest BCUT2D eigenvalue weighted by Crippen LogP contribution is -2.31. The molecular weight excluding hydrogens is 316 g/mol. The molecule has 1 aliphatic rings. The SMILES string of the molecule is Cc1cccc(OCC(=O)NCc2nccc(N3CCCCC3)n2)c1. The Kier molecular flexibility index (Phi) is 5.82. The molecule has 0 atom stereocenters. The van der Waals surface area contributed by atoms with Crippen LogP contribution in [0.5, 0.6) is 5.75 Å². The van der Waals surface area contributed by atoms with E-state index in [9.17, 15) is 4.79 Å². The zero-order valence-electron chi connectivity index (χ0n) is 14.6. The second-order valence-corrected chi connectivity index (χ2v) is 6.26. The molecule has 1 saturated heterocycles. The molecule has 132 valence electrons. The van der Waals surface area contributed by atoms with Crippen LogP contribution in [0.15, 0.2) is 36.5 Å². The minimum absolute atomic E-state index is 0.0186. The first-order valence-electron chi connectivity index (χ1n) is 8.74. The van der Waals surface area contributed by atoms with Gasteiger partial charge in [0.05, 0.1) is 6.54 Å². The summed E-state index contributed by atoms with van der Waals surface area (Å²) in [7, 11) is 0. The number of nitrogens with one attached hydrogen (secondary N) is 1. The van der Waals surface area contributed by atoms with Crippen molar-refractivity contribution in [2.45, 2.75) is 32.7 Å². The van der Waals surface area contributed by atoms with Gasteiger partial charge >= 0.3 is 0 Å². The third-order valence-corrected chi connectivity index (χ3v) is 4.17. The van der Waals surface area contributed by atoms with Gasteiger partial charge in [-0.05, 0) is 49.9 Å². The van der Waals surface area contributed by atoms with Crippen LogP contribution >= 0.6 is 0 Å². The van der Waals surface area contributed by atoms with E-state index in [-0.39, 0.29) is 12.5 Å². The van der Waals surface area contributed by atoms with Crippen LogP contribution in [0.3, 0.4) is 0 Å². The van der Waals surface area contributed by atoms with E-state index < -0.39 is 0 Å². The van der Waals surface area contributed by atoms with Crippen molar-refractivity contribution in [2.24, 2.45) is 0 Å². The van der Waals surface area contributed by atoms with Crippen molar-refractivity contribution in [1.82, 2.24) is 15.3 Å². The third-order valence-electron chi connectivity index (χ3n) is 4.17. The summed E-state index contributed by atoms with van der Waals surface area (Å²) in [6.07, 6.45) is 5.44. The minimum Gasteiger partial charge on any atom is -0.484 e. The van der Waals surface area contributed by atoms with Crippen molar-refractivity contribution in [1.29, 1.82) is 0 Å². The van der Waals surface area contributed by atoms with Crippen LogP contribution in [0, 0.1) is 6.92 Å². The van der Waals surface area contributed by atoms with Crippen LogP contribution in [0.2, 0.25) is 0 Å². The Morgan fingerprint density at radius 2 is 2.08 bits per heavy atom. The summed E-state index contributed by atoms with van der Waals surface area (Å²) >= 11 is 0. The van der Waals surface area contributed by atoms with E-state index in [0.717, 1.165) is 24.5 Å². The summed E-state index contributed by atoms with van der Waals surface area (Å²) in [6, 6.07) is 9.56. The molecule has 25 heavy (non-hydrogen) atoms. The Hall–Kier alpha value is -2.63. The van der Waals surface area contributed by atoms with Gasteiger partial charge in [-0.3, -0.25) is 4.79 Å². The van der Waals surface area contributed by atoms with Crippen molar-refractivity contribution in [2.75, 3.05) is 24.6 Å². The largest absolute Gasteiger partial charge is 0.484 e. The van der Waals surface area contributed by atoms with E-state index in [1.54, 1.807) is 6.20 Å². The number of carbonyl (C=O) groups excluding carboxylic acids is 1. The van der Waals surface area contributed by atoms with E-state index in [1.807, 2.05) is 37.3 Å². The molecule has 2 heterocycles. The summed E-state index contributed by atoms with van der Waals surface area (Å²) in [5.74, 6) is 2.06.